The van der Waals surface area contributed by atoms with E-state index < -0.39 is 31.4 Å². The molecule has 1 aromatic heterocycles. The molecule has 0 amide bonds. The molecule has 25 heavy (non-hydrogen) atoms. The first-order chi connectivity index (χ1) is 11.3. The van der Waals surface area contributed by atoms with Gasteiger partial charge in [-0.2, -0.15) is 0 Å². The van der Waals surface area contributed by atoms with Crippen molar-refractivity contribution in [2.45, 2.75) is 84.0 Å². The van der Waals surface area contributed by atoms with Crippen LogP contribution in [-0.4, -0.2) is 29.6 Å². The normalized spacial score (nSPS) is 30.6. The van der Waals surface area contributed by atoms with E-state index in [4.69, 9.17) is 9.16 Å². The average Bonchev–Trinajstić information content (AvgIpc) is 2.69. The molecule has 6 nitrogen and oxygen atoms in total. The van der Waals surface area contributed by atoms with Crippen LogP contribution in [0, 0.1) is 5.92 Å². The molecule has 0 spiro atoms. The predicted molar refractivity (Wildman–Crippen MR) is 101 cm³/mol. The van der Waals surface area contributed by atoms with Gasteiger partial charge in [0.05, 0.1) is 6.10 Å². The van der Waals surface area contributed by atoms with Gasteiger partial charge in [0, 0.05) is 18.2 Å². The van der Waals surface area contributed by atoms with Crippen molar-refractivity contribution in [3.63, 3.8) is 0 Å². The molecular formula is C18H32N2O4Si. The van der Waals surface area contributed by atoms with Gasteiger partial charge in [0.25, 0.3) is 5.56 Å². The van der Waals surface area contributed by atoms with Crippen molar-refractivity contribution in [2.75, 3.05) is 0 Å². The third-order valence-corrected chi connectivity index (χ3v) is 10.6. The van der Waals surface area contributed by atoms with Crippen molar-refractivity contribution >= 4 is 8.32 Å². The Morgan fingerprint density at radius 1 is 1.36 bits per heavy atom. The van der Waals surface area contributed by atoms with E-state index in [1.807, 2.05) is 6.92 Å². The first-order valence-electron chi connectivity index (χ1n) is 9.00. The third-order valence-electron chi connectivity index (χ3n) is 6.04. The van der Waals surface area contributed by atoms with Crippen molar-refractivity contribution in [2.24, 2.45) is 5.92 Å². The summed E-state index contributed by atoms with van der Waals surface area (Å²) in [4.78, 5) is 26.1. The Labute approximate surface area is 150 Å². The van der Waals surface area contributed by atoms with E-state index in [9.17, 15) is 9.59 Å². The van der Waals surface area contributed by atoms with Gasteiger partial charge < -0.3 is 9.16 Å². The van der Waals surface area contributed by atoms with Gasteiger partial charge >= 0.3 is 5.69 Å². The maximum Gasteiger partial charge on any atom is 0.330 e. The number of aromatic nitrogens is 2. The van der Waals surface area contributed by atoms with Crippen molar-refractivity contribution in [1.29, 1.82) is 0 Å². The molecule has 0 radical (unpaired) electrons. The molecule has 1 fully saturated rings. The molecule has 1 unspecified atom stereocenters. The van der Waals surface area contributed by atoms with Crippen LogP contribution < -0.4 is 11.2 Å². The molecule has 2 rings (SSSR count). The third kappa shape index (κ3) is 3.54. The van der Waals surface area contributed by atoms with Crippen molar-refractivity contribution < 1.29 is 9.16 Å². The Bertz CT molecular complexity index is 734. The molecular weight excluding hydrogens is 336 g/mol. The minimum absolute atomic E-state index is 0.00130. The molecule has 4 atom stereocenters. The predicted octanol–water partition coefficient (Wildman–Crippen LogP) is 3.26. The fourth-order valence-corrected chi connectivity index (χ4v) is 4.95. The van der Waals surface area contributed by atoms with E-state index in [1.165, 1.54) is 16.8 Å². The number of nitrogens with one attached hydrogen (secondary N) is 1. The number of hydrogen-bond donors (Lipinski definition) is 1. The minimum atomic E-state index is -2.10. The fraction of sp³-hybridized carbons (Fsp3) is 0.778. The first kappa shape index (κ1) is 20.1. The molecule has 0 bridgehead atoms. The van der Waals surface area contributed by atoms with Crippen LogP contribution in [0.3, 0.4) is 0 Å². The second-order valence-corrected chi connectivity index (χ2v) is 13.5. The van der Waals surface area contributed by atoms with Crippen molar-refractivity contribution in [1.82, 2.24) is 9.55 Å². The Balaban J connectivity index is 2.53. The van der Waals surface area contributed by atoms with Crippen LogP contribution in [0.25, 0.3) is 0 Å². The molecule has 0 saturated carbocycles. The Kier molecular flexibility index (Phi) is 5.25. The van der Waals surface area contributed by atoms with Gasteiger partial charge in [0.1, 0.15) is 5.60 Å². The largest absolute Gasteiger partial charge is 0.407 e. The van der Waals surface area contributed by atoms with Crippen molar-refractivity contribution in [3.05, 3.63) is 33.1 Å². The second kappa shape index (κ2) is 6.52. The van der Waals surface area contributed by atoms with Crippen LogP contribution in [0.15, 0.2) is 21.9 Å². The summed E-state index contributed by atoms with van der Waals surface area (Å²) < 4.78 is 14.5. The SMILES string of the molecule is CC[C@H]1O[C@@H](n2ccc(=O)[nH]c2=O)C(C)(O[Si](C)(C)C(C)(C)C)[C@H]1C. The average molecular weight is 369 g/mol. The maximum absolute atomic E-state index is 12.4. The Morgan fingerprint density at radius 2 is 1.96 bits per heavy atom. The van der Waals surface area contributed by atoms with Crippen LogP contribution in [0.1, 0.15) is 54.2 Å². The molecule has 2 heterocycles. The van der Waals surface area contributed by atoms with Gasteiger partial charge in [-0.25, -0.2) is 4.79 Å². The van der Waals surface area contributed by atoms with Crippen molar-refractivity contribution in [3.8, 4) is 0 Å². The van der Waals surface area contributed by atoms with Crippen LogP contribution in [0.2, 0.25) is 18.1 Å². The van der Waals surface area contributed by atoms with E-state index in [1.54, 1.807) is 0 Å². The summed E-state index contributed by atoms with van der Waals surface area (Å²) in [6.45, 7) is 17.2. The number of hydrogen-bond acceptors (Lipinski definition) is 4. The monoisotopic (exact) mass is 368 g/mol. The summed E-state index contributed by atoms with van der Waals surface area (Å²) in [7, 11) is -2.10. The van der Waals surface area contributed by atoms with Crippen LogP contribution in [0.5, 0.6) is 0 Å². The van der Waals surface area contributed by atoms with E-state index in [0.717, 1.165) is 6.42 Å². The Morgan fingerprint density at radius 3 is 2.44 bits per heavy atom. The van der Waals surface area contributed by atoms with Crippen LogP contribution in [0.4, 0.5) is 0 Å². The molecule has 1 aromatic rings. The molecule has 1 aliphatic rings. The number of aromatic amines is 1. The van der Waals surface area contributed by atoms with E-state index in [-0.39, 0.29) is 17.1 Å². The summed E-state index contributed by atoms with van der Waals surface area (Å²) in [5, 5.41) is 0.0422. The standard InChI is InChI=1S/C18H32N2O4Si/c1-9-13-12(2)18(6,24-25(7,8)17(3,4)5)15(23-13)20-11-10-14(21)19-16(20)22/h10-13,15H,9H2,1-8H3,(H,19,21,22)/t12-,13+,15+,18?/m0/s1. The summed E-state index contributed by atoms with van der Waals surface area (Å²) >= 11 is 0. The van der Waals surface area contributed by atoms with Gasteiger partial charge in [-0.3, -0.25) is 14.3 Å². The Hall–Kier alpha value is -1.18. The van der Waals surface area contributed by atoms with Gasteiger partial charge in [-0.1, -0.05) is 34.6 Å². The lowest BCUT2D eigenvalue weighted by Gasteiger charge is -2.46. The van der Waals surface area contributed by atoms with Gasteiger partial charge in [-0.15, -0.1) is 0 Å². The zero-order chi connectivity index (χ0) is 19.2. The molecule has 0 aliphatic carbocycles. The quantitative estimate of drug-likeness (QED) is 0.828. The molecule has 1 saturated heterocycles. The van der Waals surface area contributed by atoms with Gasteiger partial charge in [0.15, 0.2) is 14.5 Å². The summed E-state index contributed by atoms with van der Waals surface area (Å²) in [5.41, 5.74) is -1.52. The first-order valence-corrected chi connectivity index (χ1v) is 11.9. The fourth-order valence-electron chi connectivity index (χ4n) is 3.26. The lowest BCUT2D eigenvalue weighted by atomic mass is 9.87. The summed E-state index contributed by atoms with van der Waals surface area (Å²) in [6.07, 6.45) is 1.78. The maximum atomic E-state index is 12.4. The number of H-pyrrole nitrogens is 1. The summed E-state index contributed by atoms with van der Waals surface area (Å²) in [6, 6.07) is 1.35. The second-order valence-electron chi connectivity index (χ2n) is 8.79. The molecule has 142 valence electrons. The summed E-state index contributed by atoms with van der Waals surface area (Å²) in [5.74, 6) is 0.121. The number of rotatable bonds is 4. The lowest BCUT2D eigenvalue weighted by molar-refractivity contribution is -0.0800. The van der Waals surface area contributed by atoms with Crippen LogP contribution in [-0.2, 0) is 9.16 Å². The minimum Gasteiger partial charge on any atom is -0.407 e. The lowest BCUT2D eigenvalue weighted by Crippen LogP contribution is -2.54. The molecule has 0 aromatic carbocycles. The number of ether oxygens (including phenoxy) is 1. The van der Waals surface area contributed by atoms with E-state index >= 15 is 0 Å². The van der Waals surface area contributed by atoms with Gasteiger partial charge in [0.2, 0.25) is 0 Å². The highest BCUT2D eigenvalue weighted by molar-refractivity contribution is 6.74. The number of nitrogens with zero attached hydrogens (tertiary/aromatic N) is 1. The van der Waals surface area contributed by atoms with E-state index in [0.29, 0.717) is 0 Å². The van der Waals surface area contributed by atoms with Gasteiger partial charge in [-0.05, 0) is 31.5 Å². The molecule has 1 N–H and O–H groups in total. The smallest absolute Gasteiger partial charge is 0.330 e. The van der Waals surface area contributed by atoms with Crippen LogP contribution >= 0.6 is 0 Å². The molecule has 1 aliphatic heterocycles. The zero-order valence-corrected chi connectivity index (χ0v) is 17.7. The zero-order valence-electron chi connectivity index (χ0n) is 16.7. The highest BCUT2D eigenvalue weighted by Gasteiger charge is 2.56. The molecule has 7 heteroatoms. The highest BCUT2D eigenvalue weighted by atomic mass is 28.4. The highest BCUT2D eigenvalue weighted by Crippen LogP contribution is 2.50. The topological polar surface area (TPSA) is 73.3 Å². The van der Waals surface area contributed by atoms with E-state index in [2.05, 4.69) is 52.7 Å².